The first-order valence-electron chi connectivity index (χ1n) is 9.91. The van der Waals surface area contributed by atoms with E-state index < -0.39 is 28.7 Å². The van der Waals surface area contributed by atoms with Crippen LogP contribution in [0.5, 0.6) is 0 Å². The van der Waals surface area contributed by atoms with Gasteiger partial charge in [-0.05, 0) is 50.4 Å². The molecule has 0 aromatic rings. The molecule has 7 atom stereocenters. The Bertz CT molecular complexity index is 567. The third-order valence-corrected chi connectivity index (χ3v) is 8.37. The van der Waals surface area contributed by atoms with E-state index in [2.05, 4.69) is 13.8 Å². The van der Waals surface area contributed by atoms with Gasteiger partial charge in [0.25, 0.3) is 0 Å². The SMILES string of the molecule is C[C@H]1CC[C@H]2[C@](C)(CO)[C@@H](O)CC[C@]2(C)[C@@]12CC[C@](CO)(CC(=O)O)O2. The molecule has 150 valence electrons. The van der Waals surface area contributed by atoms with Crippen molar-refractivity contribution in [2.75, 3.05) is 13.2 Å². The lowest BCUT2D eigenvalue weighted by atomic mass is 9.43. The molecule has 4 N–H and O–H groups in total. The molecule has 3 rings (SSSR count). The molecule has 0 bridgehead atoms. The first-order valence-corrected chi connectivity index (χ1v) is 9.91. The van der Waals surface area contributed by atoms with Crippen molar-refractivity contribution in [1.82, 2.24) is 0 Å². The molecule has 2 aliphatic carbocycles. The maximum atomic E-state index is 11.4. The number of hydrogen-bond acceptors (Lipinski definition) is 5. The van der Waals surface area contributed by atoms with Crippen molar-refractivity contribution in [1.29, 1.82) is 0 Å². The molecule has 0 radical (unpaired) electrons. The summed E-state index contributed by atoms with van der Waals surface area (Å²) in [7, 11) is 0. The lowest BCUT2D eigenvalue weighted by molar-refractivity contribution is -0.271. The zero-order chi connectivity index (χ0) is 19.4. The van der Waals surface area contributed by atoms with Crippen molar-refractivity contribution in [2.45, 2.75) is 83.0 Å². The molecule has 0 unspecified atom stereocenters. The molecule has 1 heterocycles. The summed E-state index contributed by atoms with van der Waals surface area (Å²) in [6.45, 7) is 5.96. The molecule has 0 aromatic heterocycles. The van der Waals surface area contributed by atoms with E-state index in [1.165, 1.54) is 0 Å². The Hall–Kier alpha value is -0.690. The van der Waals surface area contributed by atoms with Crippen molar-refractivity contribution in [3.05, 3.63) is 0 Å². The highest BCUT2D eigenvalue weighted by molar-refractivity contribution is 5.68. The predicted molar refractivity (Wildman–Crippen MR) is 95.5 cm³/mol. The van der Waals surface area contributed by atoms with E-state index >= 15 is 0 Å². The fourth-order valence-corrected chi connectivity index (χ4v) is 6.70. The number of rotatable bonds is 4. The second-order valence-electron chi connectivity index (χ2n) is 9.57. The van der Waals surface area contributed by atoms with Crippen LogP contribution < -0.4 is 0 Å². The molecule has 1 spiro atoms. The molecule has 26 heavy (non-hydrogen) atoms. The van der Waals surface area contributed by atoms with Crippen molar-refractivity contribution in [3.63, 3.8) is 0 Å². The van der Waals surface area contributed by atoms with E-state index in [1.54, 1.807) is 0 Å². The molecular weight excluding hydrogens is 336 g/mol. The summed E-state index contributed by atoms with van der Waals surface area (Å²) in [5, 5.41) is 40.0. The van der Waals surface area contributed by atoms with Gasteiger partial charge in [0.2, 0.25) is 0 Å². The second-order valence-corrected chi connectivity index (χ2v) is 9.57. The van der Waals surface area contributed by atoms with Crippen molar-refractivity contribution in [2.24, 2.45) is 22.7 Å². The van der Waals surface area contributed by atoms with Crippen molar-refractivity contribution >= 4 is 5.97 Å². The van der Waals surface area contributed by atoms with Crippen LogP contribution >= 0.6 is 0 Å². The van der Waals surface area contributed by atoms with Gasteiger partial charge in [-0.2, -0.15) is 0 Å². The number of carboxylic acid groups (broad SMARTS) is 1. The van der Waals surface area contributed by atoms with Crippen LogP contribution in [-0.2, 0) is 9.53 Å². The number of carbonyl (C=O) groups is 1. The number of ether oxygens (including phenoxy) is 1. The monoisotopic (exact) mass is 370 g/mol. The number of fused-ring (bicyclic) bond motifs is 2. The van der Waals surface area contributed by atoms with Crippen LogP contribution in [0, 0.1) is 22.7 Å². The third kappa shape index (κ3) is 2.56. The summed E-state index contributed by atoms with van der Waals surface area (Å²) < 4.78 is 6.60. The smallest absolute Gasteiger partial charge is 0.306 e. The number of hydrogen-bond donors (Lipinski definition) is 4. The van der Waals surface area contributed by atoms with Gasteiger partial charge in [-0.25, -0.2) is 0 Å². The predicted octanol–water partition coefficient (Wildman–Crippen LogP) is 1.95. The Morgan fingerprint density at radius 2 is 1.77 bits per heavy atom. The number of aliphatic hydroxyl groups excluding tert-OH is 3. The fraction of sp³-hybridized carbons (Fsp3) is 0.950. The van der Waals surface area contributed by atoms with Crippen LogP contribution in [-0.4, -0.2) is 56.9 Å². The van der Waals surface area contributed by atoms with Crippen LogP contribution in [0.1, 0.15) is 65.7 Å². The topological polar surface area (TPSA) is 107 Å². The number of carboxylic acids is 1. The molecule has 3 fully saturated rings. The lowest BCUT2D eigenvalue weighted by Gasteiger charge is -2.65. The van der Waals surface area contributed by atoms with Crippen LogP contribution in [0.15, 0.2) is 0 Å². The second kappa shape index (κ2) is 6.43. The Morgan fingerprint density at radius 3 is 2.35 bits per heavy atom. The average Bonchev–Trinajstić information content (AvgIpc) is 2.98. The lowest BCUT2D eigenvalue weighted by Crippen LogP contribution is -2.66. The highest BCUT2D eigenvalue weighted by atomic mass is 16.5. The summed E-state index contributed by atoms with van der Waals surface area (Å²) in [5.41, 5.74) is -2.40. The summed E-state index contributed by atoms with van der Waals surface area (Å²) in [6, 6.07) is 0. The molecular formula is C20H34O6. The van der Waals surface area contributed by atoms with Gasteiger partial charge in [-0.15, -0.1) is 0 Å². The molecule has 2 saturated carbocycles. The zero-order valence-corrected chi connectivity index (χ0v) is 16.2. The van der Waals surface area contributed by atoms with E-state index in [0.29, 0.717) is 19.3 Å². The molecule has 1 aliphatic heterocycles. The minimum absolute atomic E-state index is 0.0703. The maximum Gasteiger partial charge on any atom is 0.306 e. The molecule has 6 heteroatoms. The molecule has 6 nitrogen and oxygen atoms in total. The Morgan fingerprint density at radius 1 is 1.08 bits per heavy atom. The van der Waals surface area contributed by atoms with Gasteiger partial charge in [0.1, 0.15) is 5.60 Å². The van der Waals surface area contributed by atoms with Crippen molar-refractivity contribution < 1.29 is 30.0 Å². The van der Waals surface area contributed by atoms with E-state index in [4.69, 9.17) is 4.74 Å². The quantitative estimate of drug-likeness (QED) is 0.602. The Kier molecular flexibility index (Phi) is 4.96. The van der Waals surface area contributed by atoms with Crippen LogP contribution in [0.3, 0.4) is 0 Å². The summed E-state index contributed by atoms with van der Waals surface area (Å²) in [5.74, 6) is -0.621. The van der Waals surface area contributed by atoms with E-state index in [9.17, 15) is 25.2 Å². The molecule has 3 aliphatic rings. The van der Waals surface area contributed by atoms with Crippen LogP contribution in [0.25, 0.3) is 0 Å². The minimum atomic E-state index is -1.03. The molecule has 0 aromatic carbocycles. The summed E-state index contributed by atoms with van der Waals surface area (Å²) >= 11 is 0. The normalized spacial score (nSPS) is 51.4. The van der Waals surface area contributed by atoms with Gasteiger partial charge in [-0.3, -0.25) is 4.79 Å². The van der Waals surface area contributed by atoms with Crippen molar-refractivity contribution in [3.8, 4) is 0 Å². The highest BCUT2D eigenvalue weighted by Crippen LogP contribution is 2.67. The fourth-order valence-electron chi connectivity index (χ4n) is 6.70. The summed E-state index contributed by atoms with van der Waals surface area (Å²) in [6.07, 6.45) is 3.73. The van der Waals surface area contributed by atoms with Gasteiger partial charge in [-0.1, -0.05) is 20.8 Å². The maximum absolute atomic E-state index is 11.4. The van der Waals surface area contributed by atoms with Gasteiger partial charge >= 0.3 is 5.97 Å². The van der Waals surface area contributed by atoms with Gasteiger partial charge in [0.15, 0.2) is 0 Å². The van der Waals surface area contributed by atoms with Gasteiger partial charge in [0, 0.05) is 10.8 Å². The molecule has 0 amide bonds. The third-order valence-electron chi connectivity index (χ3n) is 8.37. The summed E-state index contributed by atoms with van der Waals surface area (Å²) in [4.78, 5) is 11.4. The minimum Gasteiger partial charge on any atom is -0.481 e. The molecule has 1 saturated heterocycles. The first-order chi connectivity index (χ1) is 12.1. The average molecular weight is 370 g/mol. The first kappa shape index (κ1) is 20.1. The van der Waals surface area contributed by atoms with E-state index in [1.807, 2.05) is 6.92 Å². The number of aliphatic hydroxyl groups is 3. The highest BCUT2D eigenvalue weighted by Gasteiger charge is 2.68. The zero-order valence-electron chi connectivity index (χ0n) is 16.2. The largest absolute Gasteiger partial charge is 0.481 e. The van der Waals surface area contributed by atoms with Gasteiger partial charge < -0.3 is 25.2 Å². The van der Waals surface area contributed by atoms with Crippen LogP contribution in [0.2, 0.25) is 0 Å². The standard InChI is InChI=1S/C20H34O6/c1-13-4-5-14-17(2,11-21)15(23)6-7-18(14,3)20(13)9-8-19(12-22,26-20)10-16(24)25/h13-15,21-23H,4-12H2,1-3H3,(H,24,25)/t13-,14-,15-,17-,18-,19+,20+/m0/s1. The van der Waals surface area contributed by atoms with E-state index in [-0.39, 0.29) is 36.9 Å². The van der Waals surface area contributed by atoms with Crippen LogP contribution in [0.4, 0.5) is 0 Å². The van der Waals surface area contributed by atoms with Gasteiger partial charge in [0.05, 0.1) is 31.3 Å². The Labute approximate surface area is 155 Å². The van der Waals surface area contributed by atoms with E-state index in [0.717, 1.165) is 19.3 Å². The number of aliphatic carboxylic acids is 1. The Balaban J connectivity index is 2.02.